The Morgan fingerprint density at radius 2 is 1.94 bits per heavy atom. The molecule has 156 valence electrons. The van der Waals surface area contributed by atoms with E-state index in [0.29, 0.717) is 38.6 Å². The largest absolute Gasteiger partial charge is 0.322 e. The molecule has 0 amide bonds. The summed E-state index contributed by atoms with van der Waals surface area (Å²) in [5.41, 5.74) is 3.50. The maximum Gasteiger partial charge on any atom is 0.266 e. The van der Waals surface area contributed by atoms with E-state index in [4.69, 9.17) is 4.98 Å². The van der Waals surface area contributed by atoms with Crippen molar-refractivity contribution >= 4 is 28.2 Å². The fraction of sp³-hybridized carbons (Fsp3) is 0.0800. The average molecular weight is 441 g/mol. The highest BCUT2D eigenvalue weighted by atomic mass is 32.2. The third kappa shape index (κ3) is 3.35. The topological polar surface area (TPSA) is 63.1 Å². The highest BCUT2D eigenvalue weighted by Gasteiger charge is 2.16. The van der Waals surface area contributed by atoms with Gasteiger partial charge in [-0.3, -0.25) is 9.36 Å². The lowest BCUT2D eigenvalue weighted by molar-refractivity contribution is 0.615. The lowest BCUT2D eigenvalue weighted by Crippen LogP contribution is -2.22. The van der Waals surface area contributed by atoms with Crippen LogP contribution >= 0.6 is 11.8 Å². The first-order valence-corrected chi connectivity index (χ1v) is 10.9. The molecule has 0 saturated heterocycles. The standard InChI is InChI=1S/C25H17FN4OS/c1-16-9-10-18(12-21(16)26)30-24(31)19-6-2-3-7-22(19)28-25(30)32-15-17-14-29-11-5-4-8-23(29)20(17)13-27/h2-12,14H,15H2,1H3. The molecule has 0 radical (unpaired) electrons. The van der Waals surface area contributed by atoms with Crippen molar-refractivity contribution < 1.29 is 4.39 Å². The molecule has 5 rings (SSSR count). The van der Waals surface area contributed by atoms with Crippen LogP contribution < -0.4 is 5.56 Å². The molecule has 3 heterocycles. The van der Waals surface area contributed by atoms with Gasteiger partial charge >= 0.3 is 0 Å². The second kappa shape index (κ2) is 7.98. The van der Waals surface area contributed by atoms with Crippen molar-refractivity contribution in [1.29, 1.82) is 5.26 Å². The monoisotopic (exact) mass is 440 g/mol. The number of thioether (sulfide) groups is 1. The Morgan fingerprint density at radius 1 is 1.12 bits per heavy atom. The molecule has 0 atom stereocenters. The minimum atomic E-state index is -0.385. The molecule has 5 aromatic rings. The summed E-state index contributed by atoms with van der Waals surface area (Å²) in [7, 11) is 0. The summed E-state index contributed by atoms with van der Waals surface area (Å²) in [6.45, 7) is 1.68. The van der Waals surface area contributed by atoms with Gasteiger partial charge in [-0.05, 0) is 54.4 Å². The van der Waals surface area contributed by atoms with Gasteiger partial charge in [0, 0.05) is 18.1 Å². The summed E-state index contributed by atoms with van der Waals surface area (Å²) in [6, 6.07) is 19.8. The zero-order chi connectivity index (χ0) is 22.2. The molecular formula is C25H17FN4OS. The quantitative estimate of drug-likeness (QED) is 0.283. The molecule has 0 aliphatic rings. The van der Waals surface area contributed by atoms with Gasteiger partial charge in [-0.15, -0.1) is 0 Å². The van der Waals surface area contributed by atoms with Gasteiger partial charge in [0.1, 0.15) is 11.9 Å². The normalized spacial score (nSPS) is 11.2. The fourth-order valence-corrected chi connectivity index (χ4v) is 4.70. The van der Waals surface area contributed by atoms with E-state index in [1.165, 1.54) is 22.4 Å². The SMILES string of the molecule is Cc1ccc(-n2c(SCc3cn4ccccc4c3C#N)nc3ccccc3c2=O)cc1F. The van der Waals surface area contributed by atoms with Crippen LogP contribution in [0.4, 0.5) is 4.39 Å². The first-order valence-electron chi connectivity index (χ1n) is 9.96. The number of hydrogen-bond acceptors (Lipinski definition) is 4. The first kappa shape index (κ1) is 20.0. The average Bonchev–Trinajstić information content (AvgIpc) is 3.17. The second-order valence-electron chi connectivity index (χ2n) is 7.41. The predicted molar refractivity (Wildman–Crippen MR) is 124 cm³/mol. The van der Waals surface area contributed by atoms with Gasteiger partial charge in [0.25, 0.3) is 5.56 Å². The van der Waals surface area contributed by atoms with Gasteiger partial charge < -0.3 is 4.40 Å². The van der Waals surface area contributed by atoms with Crippen LogP contribution in [0.3, 0.4) is 0 Å². The molecule has 0 saturated carbocycles. The van der Waals surface area contributed by atoms with Crippen molar-refractivity contribution in [2.75, 3.05) is 0 Å². The summed E-state index contributed by atoms with van der Waals surface area (Å²) >= 11 is 1.34. The van der Waals surface area contributed by atoms with Crippen LogP contribution in [0.25, 0.3) is 22.1 Å². The molecule has 5 nitrogen and oxygen atoms in total. The predicted octanol–water partition coefficient (Wildman–Crippen LogP) is 5.25. The fourth-order valence-electron chi connectivity index (χ4n) is 3.72. The van der Waals surface area contributed by atoms with Crippen molar-refractivity contribution in [3.63, 3.8) is 0 Å². The number of aromatic nitrogens is 3. The molecule has 0 N–H and O–H groups in total. The van der Waals surface area contributed by atoms with Crippen LogP contribution in [0, 0.1) is 24.1 Å². The summed E-state index contributed by atoms with van der Waals surface area (Å²) in [5.74, 6) is 0.0490. The third-order valence-corrected chi connectivity index (χ3v) is 6.38. The molecule has 0 fully saturated rings. The second-order valence-corrected chi connectivity index (χ2v) is 8.35. The Morgan fingerprint density at radius 3 is 2.75 bits per heavy atom. The van der Waals surface area contributed by atoms with E-state index in [2.05, 4.69) is 6.07 Å². The van der Waals surface area contributed by atoms with Gasteiger partial charge in [-0.1, -0.05) is 36.0 Å². The van der Waals surface area contributed by atoms with Gasteiger partial charge in [-0.25, -0.2) is 9.37 Å². The molecule has 32 heavy (non-hydrogen) atoms. The van der Waals surface area contributed by atoms with Crippen LogP contribution in [-0.4, -0.2) is 14.0 Å². The van der Waals surface area contributed by atoms with E-state index in [0.717, 1.165) is 11.1 Å². The Labute approximate surface area is 187 Å². The number of fused-ring (bicyclic) bond motifs is 2. The van der Waals surface area contributed by atoms with Gasteiger partial charge in [0.15, 0.2) is 5.16 Å². The molecule has 0 aliphatic carbocycles. The number of para-hydroxylation sites is 1. The lowest BCUT2D eigenvalue weighted by atomic mass is 10.2. The van der Waals surface area contributed by atoms with Gasteiger partial charge in [0.05, 0.1) is 27.7 Å². The third-order valence-electron chi connectivity index (χ3n) is 5.39. The van der Waals surface area contributed by atoms with E-state index in [-0.39, 0.29) is 11.4 Å². The Balaban J connectivity index is 1.64. The van der Waals surface area contributed by atoms with Crippen LogP contribution in [-0.2, 0) is 5.75 Å². The van der Waals surface area contributed by atoms with Crippen LogP contribution in [0.5, 0.6) is 0 Å². The number of nitrogens with zero attached hydrogens (tertiary/aromatic N) is 4. The number of halogens is 1. The van der Waals surface area contributed by atoms with E-state index in [1.807, 2.05) is 41.1 Å². The summed E-state index contributed by atoms with van der Waals surface area (Å²) in [4.78, 5) is 18.1. The minimum Gasteiger partial charge on any atom is -0.322 e. The van der Waals surface area contributed by atoms with Crippen LogP contribution in [0.15, 0.2) is 83.0 Å². The van der Waals surface area contributed by atoms with E-state index in [1.54, 1.807) is 37.3 Å². The summed E-state index contributed by atoms with van der Waals surface area (Å²) < 4.78 is 17.7. The first-order chi connectivity index (χ1) is 15.6. The molecule has 2 aromatic carbocycles. The Kier molecular flexibility index (Phi) is 5.00. The van der Waals surface area contributed by atoms with Gasteiger partial charge in [-0.2, -0.15) is 5.26 Å². The number of nitriles is 1. The zero-order valence-corrected chi connectivity index (χ0v) is 17.9. The molecule has 0 aliphatic heterocycles. The lowest BCUT2D eigenvalue weighted by Gasteiger charge is -2.13. The van der Waals surface area contributed by atoms with Gasteiger partial charge in [0.2, 0.25) is 0 Å². The molecule has 3 aromatic heterocycles. The van der Waals surface area contributed by atoms with Crippen LogP contribution in [0.1, 0.15) is 16.7 Å². The smallest absolute Gasteiger partial charge is 0.266 e. The Bertz CT molecular complexity index is 1600. The maximum atomic E-state index is 14.3. The van der Waals surface area contributed by atoms with E-state index < -0.39 is 0 Å². The molecule has 0 spiro atoms. The number of pyridine rings is 1. The number of aryl methyl sites for hydroxylation is 1. The van der Waals surface area contributed by atoms with Crippen molar-refractivity contribution in [3.05, 3.63) is 106 Å². The van der Waals surface area contributed by atoms with Crippen LogP contribution in [0.2, 0.25) is 0 Å². The molecular weight excluding hydrogens is 423 g/mol. The summed E-state index contributed by atoms with van der Waals surface area (Å²) in [5, 5.41) is 10.6. The maximum absolute atomic E-state index is 14.3. The number of hydrogen-bond donors (Lipinski definition) is 0. The summed E-state index contributed by atoms with van der Waals surface area (Å²) in [6.07, 6.45) is 3.81. The molecule has 0 bridgehead atoms. The Hall–Kier alpha value is -3.89. The van der Waals surface area contributed by atoms with E-state index >= 15 is 0 Å². The van der Waals surface area contributed by atoms with Crippen molar-refractivity contribution in [2.45, 2.75) is 17.8 Å². The van der Waals surface area contributed by atoms with Crippen molar-refractivity contribution in [2.24, 2.45) is 0 Å². The molecule has 0 unspecified atom stereocenters. The van der Waals surface area contributed by atoms with Crippen molar-refractivity contribution in [1.82, 2.24) is 14.0 Å². The zero-order valence-electron chi connectivity index (χ0n) is 17.1. The minimum absolute atomic E-state index is 0.260. The molecule has 7 heteroatoms. The number of rotatable bonds is 4. The number of benzene rings is 2. The van der Waals surface area contributed by atoms with Crippen molar-refractivity contribution in [3.8, 4) is 11.8 Å². The van der Waals surface area contributed by atoms with E-state index in [9.17, 15) is 14.4 Å². The highest BCUT2D eigenvalue weighted by Crippen LogP contribution is 2.28. The highest BCUT2D eigenvalue weighted by molar-refractivity contribution is 7.98.